The van der Waals surface area contributed by atoms with Crippen LogP contribution in [0.1, 0.15) is 61.6 Å². The van der Waals surface area contributed by atoms with Gasteiger partial charge in [-0.05, 0) is 70.2 Å². The van der Waals surface area contributed by atoms with Crippen LogP contribution in [0.4, 0.5) is 29.5 Å². The minimum Gasteiger partial charge on any atom is -0.337 e. The monoisotopic (exact) mass is 1120 g/mol. The number of hydrogen-bond donors (Lipinski definition) is 1. The smallest absolute Gasteiger partial charge is 0.337 e. The molecule has 0 bridgehead atoms. The number of pyridine rings is 4. The van der Waals surface area contributed by atoms with Crippen LogP contribution in [0, 0.1) is 13.8 Å². The van der Waals surface area contributed by atoms with Crippen molar-refractivity contribution in [3.8, 4) is 22.5 Å². The largest absolute Gasteiger partial charge is 0.418 e. The SMILES string of the molecule is CC(=O)N1CCN(c2ncc(-c3ccc4c(=O)n(C)[nH]c4n3)cn2)C[C@H]1C.CC(=O)N1CCN(c2ncc(-c3ccc4c(=O)n(C)n(Cc5nc(C)ccc5CF)c4n3)cn2)C[C@H]1C.Cc1ccc(C(F)(F)F)c(CBr)n1. The van der Waals surface area contributed by atoms with E-state index in [0.717, 1.165) is 17.3 Å². The highest BCUT2D eigenvalue weighted by molar-refractivity contribution is 9.08. The van der Waals surface area contributed by atoms with E-state index in [1.165, 1.54) is 15.4 Å². The van der Waals surface area contributed by atoms with Gasteiger partial charge in [0.2, 0.25) is 23.7 Å². The van der Waals surface area contributed by atoms with Crippen molar-refractivity contribution in [1.82, 2.24) is 68.8 Å². The van der Waals surface area contributed by atoms with Gasteiger partial charge in [-0.2, -0.15) is 13.2 Å². The summed E-state index contributed by atoms with van der Waals surface area (Å²) in [7, 11) is 3.33. The summed E-state index contributed by atoms with van der Waals surface area (Å²) in [5.74, 6) is 1.41. The molecule has 2 saturated heterocycles. The summed E-state index contributed by atoms with van der Waals surface area (Å²) in [6, 6.07) is 13.2. The fraction of sp³-hybridized carbons (Fsp3) is 0.385. The highest BCUT2D eigenvalue weighted by Crippen LogP contribution is 2.32. The van der Waals surface area contributed by atoms with Gasteiger partial charge in [-0.15, -0.1) is 0 Å². The molecule has 0 aromatic carbocycles. The number of anilines is 2. The van der Waals surface area contributed by atoms with Crippen molar-refractivity contribution in [3.05, 3.63) is 128 Å². The first-order valence-electron chi connectivity index (χ1n) is 24.6. The lowest BCUT2D eigenvalue weighted by atomic mass is 10.2. The molecule has 0 unspecified atom stereocenters. The van der Waals surface area contributed by atoms with Crippen LogP contribution in [0.3, 0.4) is 0 Å². The van der Waals surface area contributed by atoms with Crippen LogP contribution >= 0.6 is 15.9 Å². The third-order valence-electron chi connectivity index (χ3n) is 13.4. The third-order valence-corrected chi connectivity index (χ3v) is 13.9. The van der Waals surface area contributed by atoms with E-state index in [0.29, 0.717) is 107 Å². The maximum atomic E-state index is 13.6. The van der Waals surface area contributed by atoms with Crippen molar-refractivity contribution in [1.29, 1.82) is 0 Å². The van der Waals surface area contributed by atoms with E-state index in [1.807, 2.05) is 30.6 Å². The average molecular weight is 1130 g/mol. The third kappa shape index (κ3) is 12.2. The first-order chi connectivity index (χ1) is 36.6. The van der Waals surface area contributed by atoms with Crippen LogP contribution in [0.25, 0.3) is 44.6 Å². The number of hydrogen-bond acceptors (Lipinski definition) is 14. The lowest BCUT2D eigenvalue weighted by molar-refractivity contribution is -0.138. The molecule has 2 atom stereocenters. The number of carbonyl (C=O) groups is 2. The van der Waals surface area contributed by atoms with Gasteiger partial charge in [-0.3, -0.25) is 48.3 Å². The van der Waals surface area contributed by atoms with Crippen LogP contribution in [0.15, 0.2) is 82.9 Å². The molecular formula is C52H57BrF4N16O4. The molecule has 2 fully saturated rings. The number of aryl methyl sites for hydroxylation is 3. The zero-order valence-corrected chi connectivity index (χ0v) is 45.3. The van der Waals surface area contributed by atoms with Gasteiger partial charge in [0.25, 0.3) is 11.1 Å². The minimum absolute atomic E-state index is 0.0347. The molecule has 0 radical (unpaired) electrons. The Morgan fingerprint density at radius 1 is 0.675 bits per heavy atom. The topological polar surface area (TPSA) is 215 Å². The van der Waals surface area contributed by atoms with Gasteiger partial charge in [-0.25, -0.2) is 34.3 Å². The molecule has 0 saturated carbocycles. The first kappa shape index (κ1) is 55.3. The Labute approximate surface area is 448 Å². The molecule has 0 aliphatic carbocycles. The Hall–Kier alpha value is -7.96. The van der Waals surface area contributed by atoms with Crippen LogP contribution in [-0.4, -0.2) is 132 Å². The lowest BCUT2D eigenvalue weighted by Gasteiger charge is -2.39. The van der Waals surface area contributed by atoms with E-state index in [9.17, 15) is 36.7 Å². The predicted octanol–water partition coefficient (Wildman–Crippen LogP) is 6.55. The van der Waals surface area contributed by atoms with Gasteiger partial charge in [0, 0.05) is 137 Å². The zero-order valence-electron chi connectivity index (χ0n) is 43.7. The number of alkyl halides is 5. The van der Waals surface area contributed by atoms with Gasteiger partial charge >= 0.3 is 6.18 Å². The number of amides is 2. The highest BCUT2D eigenvalue weighted by Gasteiger charge is 2.34. The summed E-state index contributed by atoms with van der Waals surface area (Å²) < 4.78 is 55.1. The van der Waals surface area contributed by atoms with Crippen LogP contribution in [0.5, 0.6) is 0 Å². The maximum Gasteiger partial charge on any atom is 0.418 e. The molecule has 2 aliphatic rings. The van der Waals surface area contributed by atoms with Crippen molar-refractivity contribution in [2.45, 2.75) is 78.4 Å². The number of rotatable bonds is 8. The molecule has 0 spiro atoms. The average Bonchev–Trinajstić information content (AvgIpc) is 3.90. The molecule has 404 valence electrons. The van der Waals surface area contributed by atoms with Crippen LogP contribution < -0.4 is 20.9 Å². The molecule has 10 heterocycles. The highest BCUT2D eigenvalue weighted by atomic mass is 79.9. The fourth-order valence-corrected chi connectivity index (χ4v) is 9.73. The second kappa shape index (κ2) is 23.1. The van der Waals surface area contributed by atoms with Crippen molar-refractivity contribution in [3.63, 3.8) is 0 Å². The molecule has 8 aromatic rings. The number of halogens is 5. The number of H-pyrrole nitrogens is 1. The van der Waals surface area contributed by atoms with E-state index in [1.54, 1.807) is 101 Å². The normalized spacial score (nSPS) is 15.8. The molecule has 8 aromatic heterocycles. The summed E-state index contributed by atoms with van der Waals surface area (Å²) in [6.45, 7) is 14.4. The number of aromatic nitrogens is 12. The van der Waals surface area contributed by atoms with E-state index >= 15 is 0 Å². The quantitative estimate of drug-likeness (QED) is 0.126. The summed E-state index contributed by atoms with van der Waals surface area (Å²) >= 11 is 2.97. The van der Waals surface area contributed by atoms with Crippen molar-refractivity contribution in [2.24, 2.45) is 14.1 Å². The van der Waals surface area contributed by atoms with Gasteiger partial charge in [0.15, 0.2) is 11.3 Å². The van der Waals surface area contributed by atoms with E-state index in [-0.39, 0.29) is 52.6 Å². The van der Waals surface area contributed by atoms with E-state index in [4.69, 9.17) is 4.98 Å². The number of piperazine rings is 2. The number of fused-ring (bicyclic) bond motifs is 2. The summed E-state index contributed by atoms with van der Waals surface area (Å²) in [5, 5.41) is 4.06. The Kier molecular flexibility index (Phi) is 16.6. The number of nitrogens with one attached hydrogen (secondary N) is 1. The van der Waals surface area contributed by atoms with E-state index in [2.05, 4.69) is 65.7 Å². The Balaban J connectivity index is 0.000000171. The Morgan fingerprint density at radius 2 is 1.18 bits per heavy atom. The van der Waals surface area contributed by atoms with Gasteiger partial charge < -0.3 is 19.6 Å². The van der Waals surface area contributed by atoms with E-state index < -0.39 is 18.4 Å². The molecule has 2 amide bonds. The standard InChI is InChI=1S/C26H29FN8O2.C18H21N7O2.C8H7BrF3N/c1-16-5-6-19(11-27)23(30-16)15-35-24-21(25(37)32(35)4)7-8-22(31-24)20-12-28-26(29-13-20)33-9-10-34(18(3)36)17(2)14-33;1-11-10-24(6-7-25(11)12(2)26)18-19-8-13(9-20-18)15-5-4-14-16(21-15)22-23(3)17(14)27;1-5-2-3-6(8(10,11)12)7(4-9)13-5/h5-8,12-13,17H,9-11,14-15H2,1-4H3;4-5,8-9,11H,6-7,10H2,1-3H3,(H,21,22);2-3H,4H2,1H3/t17-;11-;/m11./s1. The van der Waals surface area contributed by atoms with Gasteiger partial charge in [0.05, 0.1) is 45.7 Å². The van der Waals surface area contributed by atoms with Gasteiger partial charge in [0.1, 0.15) is 6.67 Å². The predicted molar refractivity (Wildman–Crippen MR) is 286 cm³/mol. The summed E-state index contributed by atoms with van der Waals surface area (Å²) in [5.41, 5.74) is 5.32. The Morgan fingerprint density at radius 3 is 1.68 bits per heavy atom. The molecular weight excluding hydrogens is 1070 g/mol. The number of nitrogens with zero attached hydrogens (tertiary/aromatic N) is 15. The zero-order chi connectivity index (χ0) is 55.5. The second-order valence-corrected chi connectivity index (χ2v) is 19.4. The fourth-order valence-electron chi connectivity index (χ4n) is 9.31. The molecule has 25 heteroatoms. The molecule has 20 nitrogen and oxygen atoms in total. The second-order valence-electron chi connectivity index (χ2n) is 18.9. The van der Waals surface area contributed by atoms with Crippen LogP contribution in [0.2, 0.25) is 0 Å². The Bertz CT molecular complexity index is 3570. The first-order valence-corrected chi connectivity index (χ1v) is 25.7. The summed E-state index contributed by atoms with van der Waals surface area (Å²) in [4.78, 5) is 91.7. The van der Waals surface area contributed by atoms with Crippen molar-refractivity contribution >= 4 is 61.7 Å². The van der Waals surface area contributed by atoms with Crippen molar-refractivity contribution in [2.75, 3.05) is 49.1 Å². The van der Waals surface area contributed by atoms with Crippen LogP contribution in [-0.2, 0) is 48.4 Å². The number of aromatic amines is 1. The molecule has 2 aliphatic heterocycles. The molecule has 10 rings (SSSR count). The summed E-state index contributed by atoms with van der Waals surface area (Å²) in [6.07, 6.45) is 2.59. The lowest BCUT2D eigenvalue weighted by Crippen LogP contribution is -2.53. The molecule has 1 N–H and O–H groups in total. The number of carbonyl (C=O) groups excluding carboxylic acids is 2. The molecule has 77 heavy (non-hydrogen) atoms. The van der Waals surface area contributed by atoms with Gasteiger partial charge in [-0.1, -0.05) is 22.0 Å². The minimum atomic E-state index is -4.32. The van der Waals surface area contributed by atoms with Crippen molar-refractivity contribution < 1.29 is 27.2 Å². The maximum absolute atomic E-state index is 13.6.